The molecule has 4 rings (SSSR count). The summed E-state index contributed by atoms with van der Waals surface area (Å²) < 4.78 is 11.3. The number of ether oxygens (including phenoxy) is 2. The molecule has 1 fully saturated rings. The Bertz CT molecular complexity index is 1050. The van der Waals surface area contributed by atoms with E-state index in [-0.39, 0.29) is 12.6 Å². The van der Waals surface area contributed by atoms with E-state index in [1.54, 1.807) is 6.20 Å². The van der Waals surface area contributed by atoms with E-state index in [0.29, 0.717) is 38.0 Å². The zero-order valence-corrected chi connectivity index (χ0v) is 18.4. The van der Waals surface area contributed by atoms with Crippen LogP contribution in [-0.4, -0.2) is 52.8 Å². The van der Waals surface area contributed by atoms with Crippen molar-refractivity contribution >= 4 is 11.6 Å². The second kappa shape index (κ2) is 10.7. The molecule has 166 valence electrons. The van der Waals surface area contributed by atoms with Crippen LogP contribution < -0.4 is 9.64 Å². The second-order valence-electron chi connectivity index (χ2n) is 7.52. The number of pyridine rings is 1. The van der Waals surface area contributed by atoms with Crippen molar-refractivity contribution in [1.82, 2.24) is 19.9 Å². The first-order valence-electron chi connectivity index (χ1n) is 10.7. The maximum absolute atomic E-state index is 5.84. The van der Waals surface area contributed by atoms with Crippen LogP contribution in [0.4, 0.5) is 11.6 Å². The van der Waals surface area contributed by atoms with Gasteiger partial charge in [0.15, 0.2) is 5.82 Å². The summed E-state index contributed by atoms with van der Waals surface area (Å²) in [5, 5.41) is 8.62. The van der Waals surface area contributed by atoms with Crippen molar-refractivity contribution in [2.45, 2.75) is 26.8 Å². The first-order valence-corrected chi connectivity index (χ1v) is 10.7. The average Bonchev–Trinajstić information content (AvgIpc) is 2.83. The van der Waals surface area contributed by atoms with Crippen LogP contribution in [0.3, 0.4) is 0 Å². The number of aromatic nitrogens is 4. The third kappa shape index (κ3) is 6.04. The van der Waals surface area contributed by atoms with Gasteiger partial charge in [-0.05, 0) is 49.2 Å². The SMILES string of the molecule is Cc1ccc(N=NCc2nc(OCCc3ccccn3)nc(N3CCOCC3)n2)cc1C. The van der Waals surface area contributed by atoms with Crippen molar-refractivity contribution in [2.24, 2.45) is 10.2 Å². The standard InChI is InChI=1S/C23H27N7O2/c1-17-6-7-20(15-18(17)2)29-25-16-21-26-22(30-10-13-31-14-11-30)28-23(27-21)32-12-8-19-5-3-4-9-24-19/h3-7,9,15H,8,10-14,16H2,1-2H3. The Labute approximate surface area is 187 Å². The predicted molar refractivity (Wildman–Crippen MR) is 120 cm³/mol. The number of hydrogen-bond donors (Lipinski definition) is 0. The number of hydrogen-bond acceptors (Lipinski definition) is 9. The molecule has 0 saturated carbocycles. The molecule has 9 nitrogen and oxygen atoms in total. The lowest BCUT2D eigenvalue weighted by Gasteiger charge is -2.26. The molecule has 3 aromatic rings. The summed E-state index contributed by atoms with van der Waals surface area (Å²) in [6, 6.07) is 12.1. The highest BCUT2D eigenvalue weighted by Gasteiger charge is 2.17. The molecule has 0 bridgehead atoms. The number of nitrogens with zero attached hydrogens (tertiary/aromatic N) is 7. The van der Waals surface area contributed by atoms with E-state index in [1.807, 2.05) is 36.4 Å². The number of azo groups is 1. The maximum atomic E-state index is 5.84. The molecular formula is C23H27N7O2. The second-order valence-corrected chi connectivity index (χ2v) is 7.52. The van der Waals surface area contributed by atoms with Crippen LogP contribution in [-0.2, 0) is 17.7 Å². The summed E-state index contributed by atoms with van der Waals surface area (Å²) >= 11 is 0. The van der Waals surface area contributed by atoms with E-state index >= 15 is 0 Å². The molecule has 1 aliphatic rings. The third-order valence-electron chi connectivity index (χ3n) is 5.15. The van der Waals surface area contributed by atoms with Crippen molar-refractivity contribution in [3.05, 3.63) is 65.2 Å². The quantitative estimate of drug-likeness (QED) is 0.500. The summed E-state index contributed by atoms with van der Waals surface area (Å²) in [7, 11) is 0. The minimum atomic E-state index is 0.239. The zero-order valence-electron chi connectivity index (χ0n) is 18.4. The minimum absolute atomic E-state index is 0.239. The van der Waals surface area contributed by atoms with Crippen molar-refractivity contribution in [3.63, 3.8) is 0 Å². The molecule has 0 radical (unpaired) electrons. The fraction of sp³-hybridized carbons (Fsp3) is 0.391. The van der Waals surface area contributed by atoms with Gasteiger partial charge in [-0.1, -0.05) is 12.1 Å². The maximum Gasteiger partial charge on any atom is 0.321 e. The number of benzene rings is 1. The molecule has 32 heavy (non-hydrogen) atoms. The van der Waals surface area contributed by atoms with Crippen molar-refractivity contribution in [2.75, 3.05) is 37.8 Å². The molecule has 0 amide bonds. The predicted octanol–water partition coefficient (Wildman–Crippen LogP) is 3.63. The number of morpholine rings is 1. The van der Waals surface area contributed by atoms with Crippen LogP contribution in [0.25, 0.3) is 0 Å². The molecule has 0 aliphatic carbocycles. The fourth-order valence-electron chi connectivity index (χ4n) is 3.19. The van der Waals surface area contributed by atoms with Crippen LogP contribution >= 0.6 is 0 Å². The topological polar surface area (TPSA) is 98.0 Å². The van der Waals surface area contributed by atoms with E-state index in [1.165, 1.54) is 11.1 Å². The van der Waals surface area contributed by atoms with Crippen molar-refractivity contribution in [3.8, 4) is 6.01 Å². The molecular weight excluding hydrogens is 406 g/mol. The summed E-state index contributed by atoms with van der Waals surface area (Å²) in [5.41, 5.74) is 4.17. The zero-order chi connectivity index (χ0) is 22.2. The fourth-order valence-corrected chi connectivity index (χ4v) is 3.19. The summed E-state index contributed by atoms with van der Waals surface area (Å²) in [6.45, 7) is 7.53. The normalized spacial score (nSPS) is 14.1. The lowest BCUT2D eigenvalue weighted by atomic mass is 10.1. The Hall–Kier alpha value is -3.46. The van der Waals surface area contributed by atoms with Gasteiger partial charge >= 0.3 is 6.01 Å². The van der Waals surface area contributed by atoms with Gasteiger partial charge in [-0.15, -0.1) is 0 Å². The van der Waals surface area contributed by atoms with Crippen LogP contribution in [0.5, 0.6) is 6.01 Å². The Morgan fingerprint density at radius 3 is 2.69 bits per heavy atom. The van der Waals surface area contributed by atoms with E-state index in [0.717, 1.165) is 24.5 Å². The molecule has 3 heterocycles. The number of rotatable bonds is 8. The van der Waals surface area contributed by atoms with Crippen molar-refractivity contribution in [1.29, 1.82) is 0 Å². The Morgan fingerprint density at radius 1 is 1.03 bits per heavy atom. The van der Waals surface area contributed by atoms with Gasteiger partial charge in [-0.25, -0.2) is 0 Å². The highest BCUT2D eigenvalue weighted by atomic mass is 16.5. The molecule has 1 saturated heterocycles. The minimum Gasteiger partial charge on any atom is -0.463 e. The van der Waals surface area contributed by atoms with E-state index in [2.05, 4.69) is 48.9 Å². The number of anilines is 1. The summed E-state index contributed by atoms with van der Waals surface area (Å²) in [6.07, 6.45) is 2.44. The molecule has 0 spiro atoms. The smallest absolute Gasteiger partial charge is 0.321 e. The van der Waals surface area contributed by atoms with Gasteiger partial charge in [0.1, 0.15) is 6.54 Å². The van der Waals surface area contributed by atoms with Gasteiger partial charge in [0.2, 0.25) is 5.95 Å². The molecule has 0 atom stereocenters. The Morgan fingerprint density at radius 2 is 1.91 bits per heavy atom. The number of aryl methyl sites for hydroxylation is 2. The average molecular weight is 434 g/mol. The lowest BCUT2D eigenvalue weighted by Crippen LogP contribution is -2.37. The molecule has 1 aliphatic heterocycles. The van der Waals surface area contributed by atoms with Crippen LogP contribution in [0.2, 0.25) is 0 Å². The van der Waals surface area contributed by atoms with Gasteiger partial charge in [0.05, 0.1) is 25.5 Å². The first kappa shape index (κ1) is 21.8. The molecule has 0 unspecified atom stereocenters. The molecule has 9 heteroatoms. The summed E-state index contributed by atoms with van der Waals surface area (Å²) in [4.78, 5) is 19.9. The monoisotopic (exact) mass is 433 g/mol. The Kier molecular flexibility index (Phi) is 7.29. The van der Waals surface area contributed by atoms with Crippen LogP contribution in [0.1, 0.15) is 22.6 Å². The van der Waals surface area contributed by atoms with E-state index in [9.17, 15) is 0 Å². The van der Waals surface area contributed by atoms with E-state index < -0.39 is 0 Å². The third-order valence-corrected chi connectivity index (χ3v) is 5.15. The largest absolute Gasteiger partial charge is 0.463 e. The van der Waals surface area contributed by atoms with Gasteiger partial charge < -0.3 is 14.4 Å². The summed E-state index contributed by atoms with van der Waals surface area (Å²) in [5.74, 6) is 1.09. The molecule has 1 aromatic carbocycles. The van der Waals surface area contributed by atoms with E-state index in [4.69, 9.17) is 9.47 Å². The van der Waals surface area contributed by atoms with Crippen LogP contribution in [0, 0.1) is 13.8 Å². The Balaban J connectivity index is 1.47. The van der Waals surface area contributed by atoms with Crippen molar-refractivity contribution < 1.29 is 9.47 Å². The molecule has 2 aromatic heterocycles. The van der Waals surface area contributed by atoms with Gasteiger partial charge in [0, 0.05) is 31.4 Å². The highest BCUT2D eigenvalue weighted by Crippen LogP contribution is 2.19. The van der Waals surface area contributed by atoms with Gasteiger partial charge in [-0.3, -0.25) is 4.98 Å². The lowest BCUT2D eigenvalue weighted by molar-refractivity contribution is 0.122. The highest BCUT2D eigenvalue weighted by molar-refractivity contribution is 5.42. The molecule has 0 N–H and O–H groups in total. The van der Waals surface area contributed by atoms with Gasteiger partial charge in [-0.2, -0.15) is 25.2 Å². The van der Waals surface area contributed by atoms with Gasteiger partial charge in [0.25, 0.3) is 0 Å². The van der Waals surface area contributed by atoms with Crippen LogP contribution in [0.15, 0.2) is 52.8 Å². The first-order chi connectivity index (χ1) is 15.7.